The maximum atomic E-state index is 14.0. The van der Waals surface area contributed by atoms with Gasteiger partial charge in [-0.3, -0.25) is 13.9 Å². The minimum Gasteiger partial charge on any atom is -0.354 e. The van der Waals surface area contributed by atoms with Crippen molar-refractivity contribution in [2.45, 2.75) is 38.5 Å². The first kappa shape index (κ1) is 34.5. The molecule has 0 saturated carbocycles. The largest absolute Gasteiger partial charge is 0.416 e. The van der Waals surface area contributed by atoms with Crippen molar-refractivity contribution < 1.29 is 31.2 Å². The molecular formula is C29H29Cl3F3N3O4S. The third-order valence-corrected chi connectivity index (χ3v) is 8.56. The van der Waals surface area contributed by atoms with E-state index in [1.807, 2.05) is 6.92 Å². The zero-order valence-corrected chi connectivity index (χ0v) is 26.3. The molecule has 43 heavy (non-hydrogen) atoms. The maximum absolute atomic E-state index is 14.0. The Labute approximate surface area is 263 Å². The lowest BCUT2D eigenvalue weighted by Gasteiger charge is -2.33. The van der Waals surface area contributed by atoms with Crippen LogP contribution in [0.3, 0.4) is 0 Å². The molecule has 3 rings (SSSR count). The Morgan fingerprint density at radius 3 is 2.14 bits per heavy atom. The van der Waals surface area contributed by atoms with Crippen molar-refractivity contribution in [3.8, 4) is 0 Å². The van der Waals surface area contributed by atoms with Gasteiger partial charge < -0.3 is 10.2 Å². The van der Waals surface area contributed by atoms with Gasteiger partial charge in [0.2, 0.25) is 21.8 Å². The summed E-state index contributed by atoms with van der Waals surface area (Å²) in [5.74, 6) is -1.36. The highest BCUT2D eigenvalue weighted by atomic mass is 35.5. The molecule has 1 N–H and O–H groups in total. The number of anilines is 1. The first-order valence-corrected chi connectivity index (χ1v) is 16.0. The minimum absolute atomic E-state index is 0.0621. The zero-order valence-electron chi connectivity index (χ0n) is 23.2. The molecule has 0 aliphatic carbocycles. The van der Waals surface area contributed by atoms with Crippen LogP contribution in [0.1, 0.15) is 30.0 Å². The van der Waals surface area contributed by atoms with Crippen LogP contribution in [0.15, 0.2) is 66.7 Å². The van der Waals surface area contributed by atoms with Crippen molar-refractivity contribution in [3.05, 3.63) is 98.5 Å². The first-order chi connectivity index (χ1) is 20.1. The molecule has 0 heterocycles. The summed E-state index contributed by atoms with van der Waals surface area (Å²) in [5, 5.41) is 2.92. The van der Waals surface area contributed by atoms with Crippen molar-refractivity contribution >= 4 is 62.3 Å². The monoisotopic (exact) mass is 677 g/mol. The number of alkyl halides is 3. The molecule has 0 spiro atoms. The molecule has 0 fully saturated rings. The Kier molecular flexibility index (Phi) is 11.8. The van der Waals surface area contributed by atoms with Gasteiger partial charge in [0.15, 0.2) is 0 Å². The SMILES string of the molecule is CCCNC(=O)[C@H](Cc1ccccc1)N(Cc1ccc(Cl)c(Cl)c1)C(=O)CN(c1cc(C(F)(F)F)ccc1Cl)S(C)(=O)=O. The zero-order chi connectivity index (χ0) is 31.9. The molecule has 0 aromatic heterocycles. The predicted molar refractivity (Wildman–Crippen MR) is 163 cm³/mol. The first-order valence-electron chi connectivity index (χ1n) is 13.0. The van der Waals surface area contributed by atoms with E-state index in [4.69, 9.17) is 34.8 Å². The summed E-state index contributed by atoms with van der Waals surface area (Å²) in [5.41, 5.74) is -0.488. The molecule has 0 saturated heterocycles. The fourth-order valence-corrected chi connectivity index (χ4v) is 5.67. The summed E-state index contributed by atoms with van der Waals surface area (Å²) in [6, 6.07) is 14.5. The van der Waals surface area contributed by atoms with E-state index in [1.54, 1.807) is 36.4 Å². The average molecular weight is 679 g/mol. The quantitative estimate of drug-likeness (QED) is 0.234. The molecule has 1 atom stereocenters. The van der Waals surface area contributed by atoms with Crippen LogP contribution in [-0.2, 0) is 38.8 Å². The highest BCUT2D eigenvalue weighted by molar-refractivity contribution is 7.92. The van der Waals surface area contributed by atoms with Gasteiger partial charge in [-0.05, 0) is 47.9 Å². The Morgan fingerprint density at radius 1 is 0.907 bits per heavy atom. The summed E-state index contributed by atoms with van der Waals surface area (Å²) in [4.78, 5) is 28.7. The third-order valence-electron chi connectivity index (χ3n) is 6.38. The van der Waals surface area contributed by atoms with E-state index in [-0.39, 0.29) is 28.0 Å². The lowest BCUT2D eigenvalue weighted by atomic mass is 10.0. The normalized spacial score (nSPS) is 12.5. The van der Waals surface area contributed by atoms with E-state index in [2.05, 4.69) is 5.32 Å². The van der Waals surface area contributed by atoms with Crippen LogP contribution in [0.25, 0.3) is 0 Å². The van der Waals surface area contributed by atoms with E-state index in [0.717, 1.165) is 12.3 Å². The lowest BCUT2D eigenvalue weighted by Crippen LogP contribution is -2.53. The van der Waals surface area contributed by atoms with Crippen LogP contribution in [-0.4, -0.2) is 50.5 Å². The van der Waals surface area contributed by atoms with E-state index in [0.29, 0.717) is 40.5 Å². The molecule has 232 valence electrons. The van der Waals surface area contributed by atoms with E-state index >= 15 is 0 Å². The molecule has 0 aliphatic heterocycles. The number of halogens is 6. The number of amides is 2. The second-order valence-electron chi connectivity index (χ2n) is 9.70. The second kappa shape index (κ2) is 14.7. The number of carbonyl (C=O) groups excluding carboxylic acids is 2. The summed E-state index contributed by atoms with van der Waals surface area (Å²) < 4.78 is 66.8. The van der Waals surface area contributed by atoms with Gasteiger partial charge in [0.25, 0.3) is 0 Å². The van der Waals surface area contributed by atoms with Gasteiger partial charge in [-0.25, -0.2) is 8.42 Å². The molecule has 3 aromatic carbocycles. The molecule has 14 heteroatoms. The Balaban J connectivity index is 2.12. The van der Waals surface area contributed by atoms with Gasteiger partial charge in [0.1, 0.15) is 12.6 Å². The van der Waals surface area contributed by atoms with Gasteiger partial charge in [-0.1, -0.05) is 78.1 Å². The van der Waals surface area contributed by atoms with Crippen LogP contribution >= 0.6 is 34.8 Å². The van der Waals surface area contributed by atoms with Gasteiger partial charge >= 0.3 is 6.18 Å². The van der Waals surface area contributed by atoms with Crippen LogP contribution in [0.4, 0.5) is 18.9 Å². The number of hydrogen-bond donors (Lipinski definition) is 1. The van der Waals surface area contributed by atoms with Crippen molar-refractivity contribution in [3.63, 3.8) is 0 Å². The van der Waals surface area contributed by atoms with Crippen LogP contribution in [0.2, 0.25) is 15.1 Å². The number of benzene rings is 3. The van der Waals surface area contributed by atoms with Crippen molar-refractivity contribution in [2.75, 3.05) is 23.7 Å². The highest BCUT2D eigenvalue weighted by Crippen LogP contribution is 2.36. The van der Waals surface area contributed by atoms with Gasteiger partial charge in [0.05, 0.1) is 32.6 Å². The molecule has 2 amide bonds. The van der Waals surface area contributed by atoms with Crippen LogP contribution in [0.5, 0.6) is 0 Å². The van der Waals surface area contributed by atoms with E-state index in [9.17, 15) is 31.2 Å². The molecule has 3 aromatic rings. The summed E-state index contributed by atoms with van der Waals surface area (Å²) in [6.45, 7) is 1.04. The predicted octanol–water partition coefficient (Wildman–Crippen LogP) is 6.60. The number of carbonyl (C=O) groups is 2. The number of nitrogens with zero attached hydrogens (tertiary/aromatic N) is 2. The van der Waals surface area contributed by atoms with Crippen molar-refractivity contribution in [2.24, 2.45) is 0 Å². The maximum Gasteiger partial charge on any atom is 0.416 e. The van der Waals surface area contributed by atoms with Crippen LogP contribution < -0.4 is 9.62 Å². The number of sulfonamides is 1. The van der Waals surface area contributed by atoms with E-state index < -0.39 is 51.9 Å². The fourth-order valence-electron chi connectivity index (χ4n) is 4.23. The van der Waals surface area contributed by atoms with Gasteiger partial charge in [-0.15, -0.1) is 0 Å². The average Bonchev–Trinajstić information content (AvgIpc) is 2.93. The fraction of sp³-hybridized carbons (Fsp3) is 0.310. The van der Waals surface area contributed by atoms with Gasteiger partial charge in [0, 0.05) is 19.5 Å². The summed E-state index contributed by atoms with van der Waals surface area (Å²) in [7, 11) is -4.34. The number of hydrogen-bond acceptors (Lipinski definition) is 4. The standard InChI is InChI=1S/C29H29Cl3F3N3O4S/c1-3-13-36-28(40)26(15-19-7-5-4-6-8-19)37(17-20-9-11-22(30)24(32)14-20)27(39)18-38(43(2,41)42)25-16-21(29(33,34)35)10-12-23(25)31/h4-12,14,16,26H,3,13,15,17-18H2,1-2H3,(H,36,40)/t26-/m0/s1. The second-order valence-corrected chi connectivity index (χ2v) is 12.8. The Hall–Kier alpha value is -2.99. The molecule has 0 bridgehead atoms. The molecule has 0 radical (unpaired) electrons. The lowest BCUT2D eigenvalue weighted by molar-refractivity contribution is -0.140. The Morgan fingerprint density at radius 2 is 1.56 bits per heavy atom. The van der Waals surface area contributed by atoms with Crippen molar-refractivity contribution in [1.29, 1.82) is 0 Å². The summed E-state index contributed by atoms with van der Waals surface area (Å²) in [6.07, 6.45) is -3.38. The smallest absolute Gasteiger partial charge is 0.354 e. The Bertz CT molecular complexity index is 1560. The summed E-state index contributed by atoms with van der Waals surface area (Å²) >= 11 is 18.4. The van der Waals surface area contributed by atoms with E-state index in [1.165, 1.54) is 17.0 Å². The molecule has 7 nitrogen and oxygen atoms in total. The van der Waals surface area contributed by atoms with Gasteiger partial charge in [-0.2, -0.15) is 13.2 Å². The number of rotatable bonds is 12. The van der Waals surface area contributed by atoms with Crippen molar-refractivity contribution in [1.82, 2.24) is 10.2 Å². The highest BCUT2D eigenvalue weighted by Gasteiger charge is 2.36. The topological polar surface area (TPSA) is 86.8 Å². The molecule has 0 aliphatic rings. The van der Waals surface area contributed by atoms with Crippen LogP contribution in [0, 0.1) is 0 Å². The number of nitrogens with one attached hydrogen (secondary N) is 1. The molecule has 0 unspecified atom stereocenters. The minimum atomic E-state index is -4.80. The third kappa shape index (κ3) is 9.50. The molecular weight excluding hydrogens is 650 g/mol.